The molecule has 2 aliphatic carbocycles. The predicted octanol–water partition coefficient (Wildman–Crippen LogP) is 7.02. The average Bonchev–Trinajstić information content (AvgIpc) is 3.80. The van der Waals surface area contributed by atoms with Gasteiger partial charge < -0.3 is 20.0 Å². The molecule has 266 valence electrons. The smallest absolute Gasteiger partial charge is 0.414 e. The van der Waals surface area contributed by atoms with Gasteiger partial charge in [0.2, 0.25) is 0 Å². The number of aliphatic carboxylic acids is 2. The van der Waals surface area contributed by atoms with Crippen LogP contribution >= 0.6 is 0 Å². The van der Waals surface area contributed by atoms with E-state index in [1.165, 1.54) is 59.3 Å². The lowest BCUT2D eigenvalue weighted by Gasteiger charge is -2.20. The van der Waals surface area contributed by atoms with Crippen LogP contribution in [0.2, 0.25) is 0 Å². The zero-order valence-corrected chi connectivity index (χ0v) is 30.0. The molecule has 0 bridgehead atoms. The van der Waals surface area contributed by atoms with Gasteiger partial charge >= 0.3 is 11.9 Å². The molecule has 10 heteroatoms. The summed E-state index contributed by atoms with van der Waals surface area (Å²) in [6, 6.07) is 20.9. The molecular weight excluding hydrogens is 628 g/mol. The van der Waals surface area contributed by atoms with Gasteiger partial charge in [-0.2, -0.15) is 10.2 Å². The van der Waals surface area contributed by atoms with Crippen molar-refractivity contribution in [1.29, 1.82) is 0 Å². The second-order valence-electron chi connectivity index (χ2n) is 12.3. The first-order chi connectivity index (χ1) is 24.3. The second kappa shape index (κ2) is 19.4. The lowest BCUT2D eigenvalue weighted by Crippen LogP contribution is -2.23. The number of nitrogens with zero attached hydrogens (tertiary/aromatic N) is 6. The van der Waals surface area contributed by atoms with E-state index in [0.717, 1.165) is 63.5 Å². The van der Waals surface area contributed by atoms with Crippen molar-refractivity contribution in [2.45, 2.75) is 66.2 Å². The summed E-state index contributed by atoms with van der Waals surface area (Å²) in [5.41, 5.74) is 10.7. The fourth-order valence-corrected chi connectivity index (χ4v) is 6.38. The second-order valence-corrected chi connectivity index (χ2v) is 12.3. The molecule has 4 aromatic rings. The summed E-state index contributed by atoms with van der Waals surface area (Å²) >= 11 is 0. The molecule has 2 aliphatic rings. The Morgan fingerprint density at radius 1 is 0.620 bits per heavy atom. The van der Waals surface area contributed by atoms with Gasteiger partial charge in [-0.05, 0) is 100 Å². The Hall–Kier alpha value is -4.80. The zero-order chi connectivity index (χ0) is 35.9. The number of fused-ring (bicyclic) bond motifs is 2. The third kappa shape index (κ3) is 10.1. The molecule has 0 saturated carbocycles. The summed E-state index contributed by atoms with van der Waals surface area (Å²) in [4.78, 5) is 23.1. The molecule has 0 fully saturated rings. The average molecular weight is 681 g/mol. The number of para-hydroxylation sites is 2. The summed E-state index contributed by atoms with van der Waals surface area (Å²) in [5, 5.41) is 24.1. The minimum absolute atomic E-state index is 1.04. The maximum Gasteiger partial charge on any atom is 0.414 e. The molecule has 2 N–H and O–H groups in total. The zero-order valence-electron chi connectivity index (χ0n) is 30.0. The van der Waals surface area contributed by atoms with Crippen LogP contribution in [0.1, 0.15) is 75.9 Å². The van der Waals surface area contributed by atoms with Crippen molar-refractivity contribution in [3.8, 4) is 11.4 Å². The van der Waals surface area contributed by atoms with Crippen LogP contribution in [0.5, 0.6) is 0 Å². The van der Waals surface area contributed by atoms with E-state index in [9.17, 15) is 0 Å². The van der Waals surface area contributed by atoms with Crippen molar-refractivity contribution in [3.05, 3.63) is 108 Å². The molecule has 0 amide bonds. The SMILES string of the molecule is CCN(CC)C/C=C1\CCCc2c1cnn2-c1ccccc1.CCN(CC)C/C=C1\CCCc2c1cnn2-c1ccccc1.O=C(O)C(=O)O. The van der Waals surface area contributed by atoms with Crippen LogP contribution in [-0.4, -0.2) is 90.8 Å². The van der Waals surface area contributed by atoms with Crippen molar-refractivity contribution in [3.63, 3.8) is 0 Å². The number of rotatable bonds is 10. The van der Waals surface area contributed by atoms with E-state index in [4.69, 9.17) is 19.8 Å². The van der Waals surface area contributed by atoms with Crippen molar-refractivity contribution >= 4 is 23.1 Å². The number of likely N-dealkylation sites (N-methyl/N-ethyl adjacent to an activating group) is 2. The van der Waals surface area contributed by atoms with Crippen molar-refractivity contribution < 1.29 is 19.8 Å². The van der Waals surface area contributed by atoms with Crippen LogP contribution in [0.25, 0.3) is 22.5 Å². The predicted molar refractivity (Wildman–Crippen MR) is 200 cm³/mol. The van der Waals surface area contributed by atoms with Crippen LogP contribution in [0.4, 0.5) is 0 Å². The van der Waals surface area contributed by atoms with Crippen LogP contribution in [-0.2, 0) is 22.4 Å². The maximum absolute atomic E-state index is 9.10. The first kappa shape index (κ1) is 38.0. The third-order valence-electron chi connectivity index (χ3n) is 9.31. The number of hydrogen-bond acceptors (Lipinski definition) is 6. The summed E-state index contributed by atoms with van der Waals surface area (Å²) in [5.74, 6) is -3.65. The highest BCUT2D eigenvalue weighted by molar-refractivity contribution is 6.27. The number of aromatic nitrogens is 4. The van der Waals surface area contributed by atoms with Crippen molar-refractivity contribution in [2.24, 2.45) is 0 Å². The van der Waals surface area contributed by atoms with E-state index in [0.29, 0.717) is 0 Å². The van der Waals surface area contributed by atoms with Crippen molar-refractivity contribution in [1.82, 2.24) is 29.4 Å². The van der Waals surface area contributed by atoms with Crippen LogP contribution in [0, 0.1) is 0 Å². The number of benzene rings is 2. The molecule has 50 heavy (non-hydrogen) atoms. The van der Waals surface area contributed by atoms with Gasteiger partial charge in [0.05, 0.1) is 35.2 Å². The van der Waals surface area contributed by atoms with E-state index < -0.39 is 11.9 Å². The molecule has 2 aromatic heterocycles. The number of carboxylic acid groups (broad SMARTS) is 2. The van der Waals surface area contributed by atoms with E-state index >= 15 is 0 Å². The lowest BCUT2D eigenvalue weighted by atomic mass is 9.92. The highest BCUT2D eigenvalue weighted by Crippen LogP contribution is 2.33. The highest BCUT2D eigenvalue weighted by atomic mass is 16.4. The summed E-state index contributed by atoms with van der Waals surface area (Å²) in [6.07, 6.45) is 15.9. The van der Waals surface area contributed by atoms with Crippen molar-refractivity contribution in [2.75, 3.05) is 39.3 Å². The third-order valence-corrected chi connectivity index (χ3v) is 9.31. The number of carbonyl (C=O) groups is 2. The van der Waals surface area contributed by atoms with E-state index in [1.807, 2.05) is 0 Å². The van der Waals surface area contributed by atoms with Gasteiger partial charge in [0.1, 0.15) is 0 Å². The molecule has 0 spiro atoms. The maximum atomic E-state index is 9.10. The van der Waals surface area contributed by atoms with Gasteiger partial charge in [0.15, 0.2) is 0 Å². The van der Waals surface area contributed by atoms with Gasteiger partial charge in [-0.1, -0.05) is 76.2 Å². The van der Waals surface area contributed by atoms with Gasteiger partial charge in [-0.3, -0.25) is 0 Å². The molecule has 0 unspecified atom stereocenters. The Labute approximate surface area is 296 Å². The number of hydrogen-bond donors (Lipinski definition) is 2. The Morgan fingerprint density at radius 3 is 1.30 bits per heavy atom. The molecule has 0 saturated heterocycles. The molecule has 2 heterocycles. The molecule has 0 atom stereocenters. The van der Waals surface area contributed by atoms with Crippen LogP contribution in [0.15, 0.2) is 85.2 Å². The molecule has 0 aliphatic heterocycles. The van der Waals surface area contributed by atoms with E-state index in [-0.39, 0.29) is 0 Å². The summed E-state index contributed by atoms with van der Waals surface area (Å²) in [7, 11) is 0. The standard InChI is InChI=1S/2C19H25N3.C2H2O4/c2*1-3-21(4-2)14-13-16-9-8-12-19-18(16)15-20-22(19)17-10-6-5-7-11-17;3-1(4)2(5)6/h2*5-7,10-11,13,15H,3-4,8-9,12,14H2,1-2H3;(H,3,4)(H,5,6)/b2*16-13+;. The highest BCUT2D eigenvalue weighted by Gasteiger charge is 2.21. The van der Waals surface area contributed by atoms with Crippen LogP contribution in [0.3, 0.4) is 0 Å². The Morgan fingerprint density at radius 2 is 0.980 bits per heavy atom. The molecule has 0 radical (unpaired) electrons. The monoisotopic (exact) mass is 680 g/mol. The topological polar surface area (TPSA) is 117 Å². The fraction of sp³-hybridized carbons (Fsp3) is 0.400. The quantitative estimate of drug-likeness (QED) is 0.172. The minimum atomic E-state index is -1.82. The van der Waals surface area contributed by atoms with Gasteiger partial charge in [-0.25, -0.2) is 19.0 Å². The Bertz CT molecular complexity index is 1590. The summed E-state index contributed by atoms with van der Waals surface area (Å²) < 4.78 is 4.22. The first-order valence-electron chi connectivity index (χ1n) is 17.8. The lowest BCUT2D eigenvalue weighted by molar-refractivity contribution is -0.159. The normalized spacial score (nSPS) is 15.2. The molecule has 10 nitrogen and oxygen atoms in total. The number of allylic oxidation sites excluding steroid dienone is 2. The van der Waals surface area contributed by atoms with Crippen LogP contribution < -0.4 is 0 Å². The Balaban J connectivity index is 0.000000194. The van der Waals surface area contributed by atoms with Gasteiger partial charge in [0, 0.05) is 24.2 Å². The largest absolute Gasteiger partial charge is 0.473 e. The summed E-state index contributed by atoms with van der Waals surface area (Å²) in [6.45, 7) is 15.4. The fourth-order valence-electron chi connectivity index (χ4n) is 6.38. The number of carboxylic acids is 2. The van der Waals surface area contributed by atoms with Gasteiger partial charge in [0.25, 0.3) is 0 Å². The molecular formula is C40H52N6O4. The minimum Gasteiger partial charge on any atom is -0.473 e. The first-order valence-corrected chi connectivity index (χ1v) is 17.8. The van der Waals surface area contributed by atoms with E-state index in [2.05, 4.69) is 142 Å². The van der Waals surface area contributed by atoms with Gasteiger partial charge in [-0.15, -0.1) is 0 Å². The van der Waals surface area contributed by atoms with E-state index in [1.54, 1.807) is 0 Å². The Kier molecular flexibility index (Phi) is 14.8. The molecule has 6 rings (SSSR count). The molecule has 2 aromatic carbocycles.